The molecule has 0 aliphatic carbocycles. The lowest BCUT2D eigenvalue weighted by Gasteiger charge is -2.17. The Labute approximate surface area is 98.1 Å². The highest BCUT2D eigenvalue weighted by molar-refractivity contribution is 7.46. The van der Waals surface area contributed by atoms with E-state index >= 15 is 0 Å². The second-order valence-corrected chi connectivity index (χ2v) is 4.29. The van der Waals surface area contributed by atoms with Gasteiger partial charge in [-0.25, -0.2) is 4.57 Å². The first-order valence-electron chi connectivity index (χ1n) is 4.77. The Bertz CT molecular complexity index is 309. The van der Waals surface area contributed by atoms with Gasteiger partial charge in [-0.05, 0) is 0 Å². The van der Waals surface area contributed by atoms with Crippen LogP contribution < -0.4 is 0 Å². The molecule has 1 atom stereocenters. The molecule has 0 aliphatic heterocycles. The van der Waals surface area contributed by atoms with Crippen LogP contribution >= 0.6 is 7.82 Å². The van der Waals surface area contributed by atoms with E-state index in [4.69, 9.17) is 9.79 Å². The summed E-state index contributed by atoms with van der Waals surface area (Å²) in [6.07, 6.45) is -0.901. The summed E-state index contributed by atoms with van der Waals surface area (Å²) in [6, 6.07) is 0. The molecule has 0 unspecified atom stereocenters. The minimum absolute atomic E-state index is 0.145. The van der Waals surface area contributed by atoms with Gasteiger partial charge in [0.2, 0.25) is 0 Å². The fourth-order valence-electron chi connectivity index (χ4n) is 0.819. The SMILES string of the molecule is CCC(=O)OC[C@H](COP(=O)(O)O)OC(C)=O. The topological polar surface area (TPSA) is 119 Å². The van der Waals surface area contributed by atoms with E-state index in [-0.39, 0.29) is 13.0 Å². The van der Waals surface area contributed by atoms with Crippen LogP contribution in [0.4, 0.5) is 0 Å². The molecule has 0 aromatic carbocycles. The molecule has 0 heterocycles. The minimum atomic E-state index is -4.65. The molecular weight excluding hydrogens is 255 g/mol. The van der Waals surface area contributed by atoms with E-state index in [9.17, 15) is 14.2 Å². The quantitative estimate of drug-likeness (QED) is 0.489. The second kappa shape index (κ2) is 7.39. The number of hydrogen-bond donors (Lipinski definition) is 2. The molecule has 9 heteroatoms. The molecule has 0 saturated carbocycles. The maximum absolute atomic E-state index is 10.8. The van der Waals surface area contributed by atoms with E-state index in [0.29, 0.717) is 0 Å². The minimum Gasteiger partial charge on any atom is -0.462 e. The van der Waals surface area contributed by atoms with Gasteiger partial charge in [0.1, 0.15) is 6.61 Å². The van der Waals surface area contributed by atoms with Crippen LogP contribution in [0, 0.1) is 0 Å². The van der Waals surface area contributed by atoms with Gasteiger partial charge in [0.05, 0.1) is 6.61 Å². The Morgan fingerprint density at radius 3 is 2.29 bits per heavy atom. The van der Waals surface area contributed by atoms with Crippen LogP contribution in [0.1, 0.15) is 20.3 Å². The van der Waals surface area contributed by atoms with E-state index < -0.39 is 32.5 Å². The van der Waals surface area contributed by atoms with Crippen molar-refractivity contribution in [1.82, 2.24) is 0 Å². The summed E-state index contributed by atoms with van der Waals surface area (Å²) in [6.45, 7) is 1.83. The molecule has 0 aliphatic rings. The number of carbonyl (C=O) groups is 2. The predicted octanol–water partition coefficient (Wildman–Crippen LogP) is -0.0194. The van der Waals surface area contributed by atoms with Crippen molar-refractivity contribution in [1.29, 1.82) is 0 Å². The normalized spacial score (nSPS) is 12.9. The molecule has 100 valence electrons. The molecule has 0 radical (unpaired) electrons. The third-order valence-electron chi connectivity index (χ3n) is 1.48. The highest BCUT2D eigenvalue weighted by Crippen LogP contribution is 2.35. The summed E-state index contributed by atoms with van der Waals surface area (Å²) in [5.74, 6) is -1.19. The molecular formula is C8H15O8P. The molecule has 0 aromatic rings. The van der Waals surface area contributed by atoms with Crippen molar-refractivity contribution in [2.75, 3.05) is 13.2 Å². The Kier molecular flexibility index (Phi) is 6.98. The van der Waals surface area contributed by atoms with E-state index in [1.54, 1.807) is 6.92 Å². The third kappa shape index (κ3) is 9.95. The van der Waals surface area contributed by atoms with Gasteiger partial charge in [-0.3, -0.25) is 14.1 Å². The zero-order valence-electron chi connectivity index (χ0n) is 9.49. The maximum atomic E-state index is 10.8. The second-order valence-electron chi connectivity index (χ2n) is 3.05. The van der Waals surface area contributed by atoms with Crippen LogP contribution in [-0.4, -0.2) is 41.0 Å². The highest BCUT2D eigenvalue weighted by atomic mass is 31.2. The number of hydrogen-bond acceptors (Lipinski definition) is 6. The van der Waals surface area contributed by atoms with Crippen molar-refractivity contribution >= 4 is 19.8 Å². The van der Waals surface area contributed by atoms with Crippen molar-refractivity contribution in [3.05, 3.63) is 0 Å². The van der Waals surface area contributed by atoms with Gasteiger partial charge in [-0.1, -0.05) is 6.92 Å². The fourth-order valence-corrected chi connectivity index (χ4v) is 1.18. The lowest BCUT2D eigenvalue weighted by Crippen LogP contribution is -2.28. The Morgan fingerprint density at radius 1 is 1.29 bits per heavy atom. The van der Waals surface area contributed by atoms with Crippen LogP contribution in [0.25, 0.3) is 0 Å². The molecule has 0 amide bonds. The Balaban J connectivity index is 4.18. The summed E-state index contributed by atoms with van der Waals surface area (Å²) in [5, 5.41) is 0. The van der Waals surface area contributed by atoms with Crippen molar-refractivity contribution in [2.45, 2.75) is 26.4 Å². The van der Waals surface area contributed by atoms with Crippen LogP contribution in [0.2, 0.25) is 0 Å². The summed E-state index contributed by atoms with van der Waals surface area (Å²) in [4.78, 5) is 38.5. The van der Waals surface area contributed by atoms with Gasteiger partial charge in [0.25, 0.3) is 0 Å². The maximum Gasteiger partial charge on any atom is 0.469 e. The lowest BCUT2D eigenvalue weighted by molar-refractivity contribution is -0.159. The van der Waals surface area contributed by atoms with Crippen LogP contribution in [0.3, 0.4) is 0 Å². The monoisotopic (exact) mass is 270 g/mol. The fraction of sp³-hybridized carbons (Fsp3) is 0.750. The van der Waals surface area contributed by atoms with E-state index in [1.807, 2.05) is 0 Å². The average molecular weight is 270 g/mol. The van der Waals surface area contributed by atoms with Crippen molar-refractivity contribution in [3.63, 3.8) is 0 Å². The van der Waals surface area contributed by atoms with E-state index in [2.05, 4.69) is 14.0 Å². The number of rotatable bonds is 7. The van der Waals surface area contributed by atoms with Crippen LogP contribution in [0.5, 0.6) is 0 Å². The Hall–Kier alpha value is -0.950. The van der Waals surface area contributed by atoms with Crippen LogP contribution in [-0.2, 0) is 28.2 Å². The standard InChI is InChI=1S/C8H15O8P/c1-3-8(10)14-4-7(16-6(2)9)5-15-17(11,12)13/h7H,3-5H2,1-2H3,(H2,11,12,13)/t7-/m1/s1. The van der Waals surface area contributed by atoms with Gasteiger partial charge in [0, 0.05) is 13.3 Å². The van der Waals surface area contributed by atoms with E-state index in [0.717, 1.165) is 6.92 Å². The largest absolute Gasteiger partial charge is 0.469 e. The first kappa shape index (κ1) is 16.1. The van der Waals surface area contributed by atoms with Crippen LogP contribution in [0.15, 0.2) is 0 Å². The number of phosphoric acid groups is 1. The zero-order valence-corrected chi connectivity index (χ0v) is 10.4. The van der Waals surface area contributed by atoms with Crippen molar-refractivity contribution < 1.29 is 37.9 Å². The van der Waals surface area contributed by atoms with E-state index in [1.165, 1.54) is 0 Å². The zero-order chi connectivity index (χ0) is 13.5. The molecule has 0 bridgehead atoms. The molecule has 0 spiro atoms. The summed E-state index contributed by atoms with van der Waals surface area (Å²) < 4.78 is 23.9. The van der Waals surface area contributed by atoms with Gasteiger partial charge >= 0.3 is 19.8 Å². The predicted molar refractivity (Wildman–Crippen MR) is 54.8 cm³/mol. The van der Waals surface area contributed by atoms with Crippen molar-refractivity contribution in [2.24, 2.45) is 0 Å². The Morgan fingerprint density at radius 2 is 1.88 bits per heavy atom. The molecule has 0 saturated heterocycles. The van der Waals surface area contributed by atoms with Gasteiger partial charge in [-0.2, -0.15) is 0 Å². The lowest BCUT2D eigenvalue weighted by atomic mass is 10.4. The average Bonchev–Trinajstić information content (AvgIpc) is 2.19. The first-order chi connectivity index (χ1) is 7.74. The number of esters is 2. The number of carbonyl (C=O) groups excluding carboxylic acids is 2. The van der Waals surface area contributed by atoms with Gasteiger partial charge < -0.3 is 19.3 Å². The van der Waals surface area contributed by atoms with Crippen molar-refractivity contribution in [3.8, 4) is 0 Å². The van der Waals surface area contributed by atoms with Gasteiger partial charge in [-0.15, -0.1) is 0 Å². The molecule has 2 N–H and O–H groups in total. The highest BCUT2D eigenvalue weighted by Gasteiger charge is 2.21. The summed E-state index contributed by atoms with van der Waals surface area (Å²) in [5.41, 5.74) is 0. The molecule has 8 nitrogen and oxygen atoms in total. The molecule has 0 aromatic heterocycles. The molecule has 17 heavy (non-hydrogen) atoms. The molecule has 0 fully saturated rings. The van der Waals surface area contributed by atoms with Gasteiger partial charge in [0.15, 0.2) is 6.10 Å². The third-order valence-corrected chi connectivity index (χ3v) is 1.97. The number of ether oxygens (including phenoxy) is 2. The molecule has 0 rings (SSSR count). The number of phosphoric ester groups is 1. The summed E-state index contributed by atoms with van der Waals surface area (Å²) in [7, 11) is -4.65. The first-order valence-corrected chi connectivity index (χ1v) is 6.30. The smallest absolute Gasteiger partial charge is 0.462 e. The summed E-state index contributed by atoms with van der Waals surface area (Å²) >= 11 is 0.